The highest BCUT2D eigenvalue weighted by Crippen LogP contribution is 2.33. The summed E-state index contributed by atoms with van der Waals surface area (Å²) in [7, 11) is 1.22. The van der Waals surface area contributed by atoms with Crippen molar-refractivity contribution in [2.45, 2.75) is 6.92 Å². The van der Waals surface area contributed by atoms with Gasteiger partial charge >= 0.3 is 0 Å². The van der Waals surface area contributed by atoms with Crippen LogP contribution in [-0.4, -0.2) is 33.1 Å². The number of nitrogens with one attached hydrogen (secondary N) is 1. The van der Waals surface area contributed by atoms with Gasteiger partial charge in [0.05, 0.1) is 18.2 Å². The molecular weight excluding hydrogens is 326 g/mol. The summed E-state index contributed by atoms with van der Waals surface area (Å²) < 4.78 is 5.64. The Kier molecular flexibility index (Phi) is 4.50. The maximum absolute atomic E-state index is 11.9. The highest BCUT2D eigenvalue weighted by molar-refractivity contribution is 7.71. The number of nitrogens with zero attached hydrogens (tertiary/aromatic N) is 4. The van der Waals surface area contributed by atoms with Crippen molar-refractivity contribution in [2.24, 2.45) is 5.10 Å². The molecule has 0 radical (unpaired) electrons. The van der Waals surface area contributed by atoms with Crippen LogP contribution in [0.1, 0.15) is 11.3 Å². The van der Waals surface area contributed by atoms with Gasteiger partial charge in [0.2, 0.25) is 4.77 Å². The number of benzene rings is 1. The molecule has 0 saturated heterocycles. The number of aromatic nitrogens is 3. The van der Waals surface area contributed by atoms with Gasteiger partial charge in [-0.15, -0.1) is 0 Å². The zero-order valence-electron chi connectivity index (χ0n) is 12.0. The van der Waals surface area contributed by atoms with E-state index in [9.17, 15) is 20.0 Å². The lowest BCUT2D eigenvalue weighted by atomic mass is 10.2. The second kappa shape index (κ2) is 6.36. The molecule has 0 aliphatic heterocycles. The van der Waals surface area contributed by atoms with Crippen LogP contribution in [0.4, 0.5) is 5.69 Å². The average Bonchev–Trinajstić information content (AvgIpc) is 2.52. The lowest BCUT2D eigenvalue weighted by Crippen LogP contribution is -2.22. The lowest BCUT2D eigenvalue weighted by molar-refractivity contribution is -0.398. The predicted octanol–water partition coefficient (Wildman–Crippen LogP) is 0.482. The van der Waals surface area contributed by atoms with Crippen molar-refractivity contribution in [3.05, 3.63) is 48.6 Å². The monoisotopic (exact) mass is 336 g/mol. The van der Waals surface area contributed by atoms with Gasteiger partial charge in [-0.3, -0.25) is 20.0 Å². The predicted molar refractivity (Wildman–Crippen MR) is 80.5 cm³/mol. The number of rotatable bonds is 4. The Morgan fingerprint density at radius 3 is 2.83 bits per heavy atom. The van der Waals surface area contributed by atoms with Crippen molar-refractivity contribution in [3.8, 4) is 11.5 Å². The second-order valence-electron chi connectivity index (χ2n) is 4.30. The molecule has 0 atom stereocenters. The number of aromatic amines is 1. The number of methoxy groups -OCH3 is 1. The van der Waals surface area contributed by atoms with Gasteiger partial charge in [0, 0.05) is 17.4 Å². The van der Waals surface area contributed by atoms with E-state index in [-0.39, 0.29) is 21.8 Å². The van der Waals surface area contributed by atoms with E-state index < -0.39 is 21.9 Å². The molecule has 1 N–H and O–H groups in total. The van der Waals surface area contributed by atoms with E-state index in [0.717, 1.165) is 17.0 Å². The fourth-order valence-electron chi connectivity index (χ4n) is 1.67. The molecule has 2 rings (SSSR count). The Hall–Kier alpha value is -3.08. The van der Waals surface area contributed by atoms with Gasteiger partial charge in [-0.2, -0.15) is 14.9 Å². The van der Waals surface area contributed by atoms with Crippen molar-refractivity contribution in [1.82, 2.24) is 14.9 Å². The van der Waals surface area contributed by atoms with Crippen molar-refractivity contribution in [2.75, 3.05) is 7.11 Å². The first-order chi connectivity index (χ1) is 10.8. The SMILES string of the molecule is COc1cc(/C=N\n2c(=S)[nH]nc(C)c2=O)cc([N+](=O)[O-])c1[O-]. The molecule has 0 fully saturated rings. The Bertz CT molecular complexity index is 917. The first kappa shape index (κ1) is 16.3. The lowest BCUT2D eigenvalue weighted by Gasteiger charge is -2.12. The maximum Gasteiger partial charge on any atom is 0.296 e. The summed E-state index contributed by atoms with van der Waals surface area (Å²) in [5.41, 5.74) is -0.848. The summed E-state index contributed by atoms with van der Waals surface area (Å²) in [6.45, 7) is 1.47. The van der Waals surface area contributed by atoms with Crippen LogP contribution in [0.5, 0.6) is 11.5 Å². The zero-order valence-corrected chi connectivity index (χ0v) is 12.8. The van der Waals surface area contributed by atoms with E-state index in [1.807, 2.05) is 0 Å². The van der Waals surface area contributed by atoms with Crippen molar-refractivity contribution in [1.29, 1.82) is 0 Å². The standard InChI is InChI=1S/C12H11N5O5S/c1-6-11(19)16(12(23)15-14-6)13-5-7-3-8(17(20)21)10(18)9(4-7)22-2/h3-5,18H,1-2H3,(H,15,23)/p-1/b13-5-. The summed E-state index contributed by atoms with van der Waals surface area (Å²) in [6, 6.07) is 2.30. The molecule has 11 heteroatoms. The third kappa shape index (κ3) is 3.23. The summed E-state index contributed by atoms with van der Waals surface area (Å²) in [6.07, 6.45) is 1.15. The molecule has 0 amide bonds. The van der Waals surface area contributed by atoms with Gasteiger partial charge in [0.25, 0.3) is 11.2 Å². The van der Waals surface area contributed by atoms with Crippen LogP contribution in [-0.2, 0) is 0 Å². The van der Waals surface area contributed by atoms with Crippen LogP contribution in [0.3, 0.4) is 0 Å². The number of hydrogen-bond acceptors (Lipinski definition) is 8. The third-order valence-corrected chi connectivity index (χ3v) is 3.07. The summed E-state index contributed by atoms with van der Waals surface area (Å²) in [4.78, 5) is 21.9. The van der Waals surface area contributed by atoms with Crippen LogP contribution in [0, 0.1) is 21.8 Å². The third-order valence-electron chi connectivity index (χ3n) is 2.81. The maximum atomic E-state index is 11.9. The van der Waals surface area contributed by atoms with E-state index in [0.29, 0.717) is 0 Å². The Morgan fingerprint density at radius 2 is 2.22 bits per heavy atom. The summed E-state index contributed by atoms with van der Waals surface area (Å²) in [5, 5.41) is 32.6. The highest BCUT2D eigenvalue weighted by atomic mass is 32.1. The average molecular weight is 336 g/mol. The minimum Gasteiger partial charge on any atom is -0.865 e. The quantitative estimate of drug-likeness (QED) is 0.371. The number of hydrogen-bond donors (Lipinski definition) is 1. The van der Waals surface area contributed by atoms with Crippen LogP contribution in [0.2, 0.25) is 0 Å². The number of nitro groups is 1. The van der Waals surface area contributed by atoms with Gasteiger partial charge in [0.15, 0.2) is 0 Å². The molecule has 10 nitrogen and oxygen atoms in total. The van der Waals surface area contributed by atoms with Crippen molar-refractivity contribution < 1.29 is 14.8 Å². The molecule has 0 saturated carbocycles. The Morgan fingerprint density at radius 1 is 1.52 bits per heavy atom. The van der Waals surface area contributed by atoms with Crippen molar-refractivity contribution >= 4 is 24.1 Å². The highest BCUT2D eigenvalue weighted by Gasteiger charge is 2.13. The molecule has 1 aromatic carbocycles. The van der Waals surface area contributed by atoms with E-state index >= 15 is 0 Å². The smallest absolute Gasteiger partial charge is 0.296 e. The Labute approximate surface area is 133 Å². The molecule has 120 valence electrons. The van der Waals surface area contributed by atoms with Gasteiger partial charge in [-0.1, -0.05) is 0 Å². The van der Waals surface area contributed by atoms with E-state index in [2.05, 4.69) is 15.3 Å². The van der Waals surface area contributed by atoms with Crippen LogP contribution >= 0.6 is 12.2 Å². The van der Waals surface area contributed by atoms with Gasteiger partial charge in [0.1, 0.15) is 11.4 Å². The topological polar surface area (TPSA) is 138 Å². The van der Waals surface area contributed by atoms with Gasteiger partial charge in [-0.05, 0) is 25.2 Å². The molecule has 0 spiro atoms. The summed E-state index contributed by atoms with van der Waals surface area (Å²) >= 11 is 4.90. The van der Waals surface area contributed by atoms with E-state index in [1.54, 1.807) is 0 Å². The molecule has 2 aromatic rings. The Balaban J connectivity index is 2.55. The number of nitro benzene ring substituents is 1. The van der Waals surface area contributed by atoms with Crippen LogP contribution in [0.15, 0.2) is 22.0 Å². The molecule has 23 heavy (non-hydrogen) atoms. The number of H-pyrrole nitrogens is 1. The largest absolute Gasteiger partial charge is 0.865 e. The molecule has 1 heterocycles. The first-order valence-electron chi connectivity index (χ1n) is 6.11. The van der Waals surface area contributed by atoms with Gasteiger partial charge in [-0.25, -0.2) is 0 Å². The van der Waals surface area contributed by atoms with E-state index in [4.69, 9.17) is 17.0 Å². The fourth-order valence-corrected chi connectivity index (χ4v) is 1.85. The molecule has 0 bridgehead atoms. The number of ether oxygens (including phenoxy) is 1. The molecule has 0 aliphatic carbocycles. The molecule has 1 aromatic heterocycles. The second-order valence-corrected chi connectivity index (χ2v) is 4.69. The minimum absolute atomic E-state index is 0.0428. The van der Waals surface area contributed by atoms with E-state index in [1.165, 1.54) is 20.1 Å². The van der Waals surface area contributed by atoms with Crippen molar-refractivity contribution in [3.63, 3.8) is 0 Å². The molecule has 0 aliphatic rings. The van der Waals surface area contributed by atoms with Crippen LogP contribution < -0.4 is 15.4 Å². The zero-order chi connectivity index (χ0) is 17.1. The van der Waals surface area contributed by atoms with Crippen LogP contribution in [0.25, 0.3) is 0 Å². The molecule has 0 unspecified atom stereocenters. The minimum atomic E-state index is -0.844. The first-order valence-corrected chi connectivity index (χ1v) is 6.52. The molecular formula is C12H10N5O5S-. The number of aryl methyl sites for hydroxylation is 1. The normalized spacial score (nSPS) is 10.9. The fraction of sp³-hybridized carbons (Fsp3) is 0.167. The summed E-state index contributed by atoms with van der Waals surface area (Å²) in [5.74, 6) is -1.05. The van der Waals surface area contributed by atoms with Gasteiger partial charge < -0.3 is 9.84 Å².